The standard InChI is InChI=1S/C35H37N3O6/c39-23-24-6-8-25(9-7-24)33-20-32(22-38-19-18-29(40)21-38)43-34(44-33)26-10-12-27(13-11-26)36-35(41)37-28-14-16-31(17-15-28)42-30-4-2-1-3-5-30/h1-17,29,32-34,39-40H,18-23H2,(H2,36,37,41). The summed E-state index contributed by atoms with van der Waals surface area (Å²) in [5.74, 6) is 1.42. The number of para-hydroxylation sites is 1. The van der Waals surface area contributed by atoms with Gasteiger partial charge in [-0.2, -0.15) is 0 Å². The first kappa shape index (κ1) is 29.8. The molecule has 4 aromatic carbocycles. The summed E-state index contributed by atoms with van der Waals surface area (Å²) in [6.07, 6.45) is 0.290. The Bertz CT molecular complexity index is 1500. The number of hydrogen-bond acceptors (Lipinski definition) is 7. The number of nitrogens with zero attached hydrogens (tertiary/aromatic N) is 1. The summed E-state index contributed by atoms with van der Waals surface area (Å²) in [6.45, 7) is 2.19. The summed E-state index contributed by atoms with van der Waals surface area (Å²) < 4.78 is 18.7. The smallest absolute Gasteiger partial charge is 0.323 e. The number of β-amino-alcohol motifs (C(OH)–C–C–N with tert-alkyl or cyclic N) is 1. The quantitative estimate of drug-likeness (QED) is 0.182. The minimum atomic E-state index is -0.594. The predicted molar refractivity (Wildman–Crippen MR) is 168 cm³/mol. The molecule has 44 heavy (non-hydrogen) atoms. The molecule has 0 radical (unpaired) electrons. The number of aliphatic hydroxyl groups is 2. The highest BCUT2D eigenvalue weighted by atomic mass is 16.7. The Morgan fingerprint density at radius 3 is 2.09 bits per heavy atom. The van der Waals surface area contributed by atoms with Crippen LogP contribution in [0.3, 0.4) is 0 Å². The highest BCUT2D eigenvalue weighted by Gasteiger charge is 2.34. The molecule has 2 fully saturated rings. The number of anilines is 2. The van der Waals surface area contributed by atoms with Crippen molar-refractivity contribution in [2.24, 2.45) is 0 Å². The Morgan fingerprint density at radius 1 is 0.818 bits per heavy atom. The second-order valence-electron chi connectivity index (χ2n) is 11.2. The van der Waals surface area contributed by atoms with Crippen molar-refractivity contribution in [2.45, 2.75) is 44.1 Å². The van der Waals surface area contributed by atoms with Gasteiger partial charge in [0.25, 0.3) is 0 Å². The van der Waals surface area contributed by atoms with Crippen LogP contribution in [0, 0.1) is 0 Å². The lowest BCUT2D eigenvalue weighted by atomic mass is 9.99. The Hall–Kier alpha value is -4.25. The van der Waals surface area contributed by atoms with Crippen LogP contribution in [0.4, 0.5) is 16.2 Å². The lowest BCUT2D eigenvalue weighted by Crippen LogP contribution is -2.38. The number of nitrogens with one attached hydrogen (secondary N) is 2. The fourth-order valence-corrected chi connectivity index (χ4v) is 5.55. The van der Waals surface area contributed by atoms with E-state index in [1.807, 2.05) is 78.9 Å². The fraction of sp³-hybridized carbons (Fsp3) is 0.286. The lowest BCUT2D eigenvalue weighted by Gasteiger charge is -2.37. The molecule has 4 N–H and O–H groups in total. The molecule has 0 spiro atoms. The van der Waals surface area contributed by atoms with Gasteiger partial charge < -0.3 is 35.1 Å². The number of likely N-dealkylation sites (tertiary alicyclic amines) is 1. The number of benzene rings is 4. The van der Waals surface area contributed by atoms with Crippen LogP contribution in [0.5, 0.6) is 11.5 Å². The van der Waals surface area contributed by atoms with E-state index < -0.39 is 6.29 Å². The maximum absolute atomic E-state index is 12.7. The van der Waals surface area contributed by atoms with Gasteiger partial charge in [-0.25, -0.2) is 4.79 Å². The molecule has 4 unspecified atom stereocenters. The van der Waals surface area contributed by atoms with Crippen molar-refractivity contribution in [1.82, 2.24) is 4.90 Å². The first-order valence-corrected chi connectivity index (χ1v) is 14.9. The first-order chi connectivity index (χ1) is 21.5. The molecule has 2 amide bonds. The van der Waals surface area contributed by atoms with E-state index in [-0.39, 0.29) is 30.9 Å². The molecule has 0 bridgehead atoms. The molecule has 2 heterocycles. The van der Waals surface area contributed by atoms with Crippen molar-refractivity contribution < 1.29 is 29.2 Å². The third-order valence-electron chi connectivity index (χ3n) is 7.86. The van der Waals surface area contributed by atoms with Crippen LogP contribution >= 0.6 is 0 Å². The number of hydrogen-bond donors (Lipinski definition) is 4. The Kier molecular flexibility index (Phi) is 9.50. The number of ether oxygens (including phenoxy) is 3. The monoisotopic (exact) mass is 595 g/mol. The van der Waals surface area contributed by atoms with Gasteiger partial charge in [-0.15, -0.1) is 0 Å². The molecule has 228 valence electrons. The maximum Gasteiger partial charge on any atom is 0.323 e. The summed E-state index contributed by atoms with van der Waals surface area (Å²) in [5, 5.41) is 25.2. The number of carbonyl (C=O) groups excluding carboxylic acids is 1. The van der Waals surface area contributed by atoms with Crippen LogP contribution in [0.1, 0.15) is 41.9 Å². The molecule has 2 saturated heterocycles. The highest BCUT2D eigenvalue weighted by Crippen LogP contribution is 2.38. The van der Waals surface area contributed by atoms with E-state index in [9.17, 15) is 15.0 Å². The Morgan fingerprint density at radius 2 is 1.45 bits per heavy atom. The van der Waals surface area contributed by atoms with Crippen molar-refractivity contribution in [1.29, 1.82) is 0 Å². The van der Waals surface area contributed by atoms with Crippen LogP contribution in [-0.4, -0.2) is 53.0 Å². The summed E-state index contributed by atoms with van der Waals surface area (Å²) in [5.41, 5.74) is 3.98. The summed E-state index contributed by atoms with van der Waals surface area (Å²) in [6, 6.07) is 31.6. The van der Waals surface area contributed by atoms with Crippen LogP contribution in [0.25, 0.3) is 0 Å². The zero-order valence-corrected chi connectivity index (χ0v) is 24.3. The van der Waals surface area contributed by atoms with Gasteiger partial charge in [-0.3, -0.25) is 4.90 Å². The highest BCUT2D eigenvalue weighted by molar-refractivity contribution is 5.99. The van der Waals surface area contributed by atoms with Crippen molar-refractivity contribution in [3.63, 3.8) is 0 Å². The van der Waals surface area contributed by atoms with Crippen LogP contribution in [0.15, 0.2) is 103 Å². The van der Waals surface area contributed by atoms with Gasteiger partial charge in [0.1, 0.15) is 11.5 Å². The molecule has 2 aliphatic heterocycles. The number of amides is 2. The fourth-order valence-electron chi connectivity index (χ4n) is 5.55. The Balaban J connectivity index is 1.08. The lowest BCUT2D eigenvalue weighted by molar-refractivity contribution is -0.252. The average Bonchev–Trinajstić information content (AvgIpc) is 3.46. The van der Waals surface area contributed by atoms with E-state index in [1.54, 1.807) is 24.3 Å². The minimum Gasteiger partial charge on any atom is -0.457 e. The maximum atomic E-state index is 12.7. The van der Waals surface area contributed by atoms with E-state index in [0.29, 0.717) is 36.6 Å². The van der Waals surface area contributed by atoms with Gasteiger partial charge >= 0.3 is 6.03 Å². The molecular formula is C35H37N3O6. The molecule has 4 aromatic rings. The third-order valence-corrected chi connectivity index (χ3v) is 7.86. The molecule has 0 aliphatic carbocycles. The van der Waals surface area contributed by atoms with E-state index >= 15 is 0 Å². The molecule has 2 aliphatic rings. The predicted octanol–water partition coefficient (Wildman–Crippen LogP) is 6.23. The Labute approximate surface area is 257 Å². The molecule has 6 rings (SSSR count). The first-order valence-electron chi connectivity index (χ1n) is 14.9. The second kappa shape index (κ2) is 14.0. The summed E-state index contributed by atoms with van der Waals surface area (Å²) >= 11 is 0. The molecule has 9 nitrogen and oxygen atoms in total. The SMILES string of the molecule is O=C(Nc1ccc(Oc2ccccc2)cc1)Nc1ccc(C2OC(CN3CCC(O)C3)CC(c3ccc(CO)cc3)O2)cc1. The summed E-state index contributed by atoms with van der Waals surface area (Å²) in [4.78, 5) is 14.9. The van der Waals surface area contributed by atoms with Gasteiger partial charge in [0.2, 0.25) is 0 Å². The van der Waals surface area contributed by atoms with Gasteiger partial charge in [0.05, 0.1) is 24.9 Å². The van der Waals surface area contributed by atoms with Crippen molar-refractivity contribution >= 4 is 17.4 Å². The second-order valence-corrected chi connectivity index (χ2v) is 11.2. The number of aliphatic hydroxyl groups excluding tert-OH is 2. The third kappa shape index (κ3) is 7.82. The molecule has 9 heteroatoms. The van der Waals surface area contributed by atoms with E-state index in [2.05, 4.69) is 15.5 Å². The zero-order valence-electron chi connectivity index (χ0n) is 24.3. The molecule has 0 aromatic heterocycles. The normalized spacial score (nSPS) is 22.0. The summed E-state index contributed by atoms with van der Waals surface area (Å²) in [7, 11) is 0. The molecule has 4 atom stereocenters. The van der Waals surface area contributed by atoms with Gasteiger partial charge in [0.15, 0.2) is 6.29 Å². The zero-order chi connectivity index (χ0) is 30.3. The van der Waals surface area contributed by atoms with Crippen molar-refractivity contribution in [2.75, 3.05) is 30.3 Å². The van der Waals surface area contributed by atoms with Crippen molar-refractivity contribution in [3.05, 3.63) is 120 Å². The van der Waals surface area contributed by atoms with E-state index in [1.165, 1.54) is 0 Å². The molecular weight excluding hydrogens is 558 g/mol. The van der Waals surface area contributed by atoms with Gasteiger partial charge in [-0.05, 0) is 66.1 Å². The molecule has 0 saturated carbocycles. The average molecular weight is 596 g/mol. The van der Waals surface area contributed by atoms with Crippen LogP contribution < -0.4 is 15.4 Å². The van der Waals surface area contributed by atoms with E-state index in [4.69, 9.17) is 14.2 Å². The van der Waals surface area contributed by atoms with E-state index in [0.717, 1.165) is 35.4 Å². The minimum absolute atomic E-state index is 0.00808. The van der Waals surface area contributed by atoms with Crippen LogP contribution in [-0.2, 0) is 16.1 Å². The number of urea groups is 1. The largest absolute Gasteiger partial charge is 0.457 e. The number of rotatable bonds is 9. The number of carbonyl (C=O) groups is 1. The topological polar surface area (TPSA) is 113 Å². The van der Waals surface area contributed by atoms with Crippen molar-refractivity contribution in [3.8, 4) is 11.5 Å². The van der Waals surface area contributed by atoms with Crippen LogP contribution in [0.2, 0.25) is 0 Å². The van der Waals surface area contributed by atoms with Gasteiger partial charge in [-0.1, -0.05) is 54.6 Å². The van der Waals surface area contributed by atoms with Gasteiger partial charge in [0, 0.05) is 43.0 Å².